The second kappa shape index (κ2) is 4.15. The van der Waals surface area contributed by atoms with Gasteiger partial charge in [-0.05, 0) is 18.4 Å². The predicted molar refractivity (Wildman–Crippen MR) is 64.5 cm³/mol. The third-order valence-electron chi connectivity index (χ3n) is 4.03. The molecule has 0 unspecified atom stereocenters. The Kier molecular flexibility index (Phi) is 2.63. The number of nitrogens with zero attached hydrogens (tertiary/aromatic N) is 1. The van der Waals surface area contributed by atoms with Crippen molar-refractivity contribution in [2.45, 2.75) is 37.3 Å². The van der Waals surface area contributed by atoms with Gasteiger partial charge in [0, 0.05) is 18.9 Å². The molecule has 0 aromatic heterocycles. The monoisotopic (exact) mass is 231 g/mol. The Labute approximate surface area is 101 Å². The van der Waals surface area contributed by atoms with Gasteiger partial charge in [-0.15, -0.1) is 0 Å². The number of fused-ring (bicyclic) bond motifs is 1. The smallest absolute Gasteiger partial charge is 0.223 e. The number of piperidine rings is 1. The van der Waals surface area contributed by atoms with Crippen molar-refractivity contribution in [3.63, 3.8) is 0 Å². The second-order valence-electron chi connectivity index (χ2n) is 5.06. The maximum absolute atomic E-state index is 11.7. The number of rotatable bonds is 1. The summed E-state index contributed by atoms with van der Waals surface area (Å²) in [5.41, 5.74) is 1.23. The number of benzene rings is 1. The molecular formula is C14H17NO2. The molecule has 2 aliphatic rings. The zero-order valence-electron chi connectivity index (χ0n) is 9.75. The van der Waals surface area contributed by atoms with Crippen LogP contribution >= 0.6 is 0 Å². The molecule has 0 spiro atoms. The van der Waals surface area contributed by atoms with Crippen molar-refractivity contribution >= 4 is 5.91 Å². The molecule has 1 amide bonds. The maximum Gasteiger partial charge on any atom is 0.223 e. The molecule has 2 saturated heterocycles. The van der Waals surface area contributed by atoms with Crippen LogP contribution in [0.2, 0.25) is 0 Å². The highest BCUT2D eigenvalue weighted by Gasteiger charge is 2.41. The summed E-state index contributed by atoms with van der Waals surface area (Å²) in [4.78, 5) is 13.6. The molecule has 2 aliphatic heterocycles. The minimum absolute atomic E-state index is 0.0717. The summed E-state index contributed by atoms with van der Waals surface area (Å²) in [5, 5.41) is 10.1. The molecule has 0 radical (unpaired) electrons. The number of carbonyl (C=O) groups is 1. The van der Waals surface area contributed by atoms with Gasteiger partial charge < -0.3 is 10.0 Å². The van der Waals surface area contributed by atoms with Crippen LogP contribution < -0.4 is 0 Å². The number of aliphatic hydroxyl groups excluding tert-OH is 1. The number of aliphatic hydroxyl groups is 1. The van der Waals surface area contributed by atoms with Gasteiger partial charge in [-0.2, -0.15) is 0 Å². The molecule has 0 aliphatic carbocycles. The highest BCUT2D eigenvalue weighted by atomic mass is 16.3. The zero-order chi connectivity index (χ0) is 11.8. The SMILES string of the molecule is O=C1CC[C@H]2[C@H](O)C[C@@H](c3ccccc3)CN12. The van der Waals surface area contributed by atoms with E-state index in [-0.39, 0.29) is 24.0 Å². The molecule has 0 saturated carbocycles. The molecule has 17 heavy (non-hydrogen) atoms. The fraction of sp³-hybridized carbons (Fsp3) is 0.500. The van der Waals surface area contributed by atoms with Crippen LogP contribution in [0.3, 0.4) is 0 Å². The highest BCUT2D eigenvalue weighted by Crippen LogP contribution is 2.35. The fourth-order valence-electron chi connectivity index (χ4n) is 3.12. The van der Waals surface area contributed by atoms with Gasteiger partial charge in [0.25, 0.3) is 0 Å². The van der Waals surface area contributed by atoms with Gasteiger partial charge in [-0.25, -0.2) is 0 Å². The van der Waals surface area contributed by atoms with Crippen LogP contribution in [0.15, 0.2) is 30.3 Å². The first-order chi connectivity index (χ1) is 8.25. The van der Waals surface area contributed by atoms with E-state index in [2.05, 4.69) is 12.1 Å². The molecule has 2 fully saturated rings. The van der Waals surface area contributed by atoms with Gasteiger partial charge in [0.2, 0.25) is 5.91 Å². The number of hydrogen-bond acceptors (Lipinski definition) is 2. The molecule has 0 bridgehead atoms. The van der Waals surface area contributed by atoms with E-state index in [4.69, 9.17) is 0 Å². The molecule has 3 rings (SSSR count). The molecule has 1 N–H and O–H groups in total. The third kappa shape index (κ3) is 1.84. The summed E-state index contributed by atoms with van der Waals surface area (Å²) >= 11 is 0. The van der Waals surface area contributed by atoms with E-state index >= 15 is 0 Å². The van der Waals surface area contributed by atoms with Crippen LogP contribution in [0.5, 0.6) is 0 Å². The number of hydrogen-bond donors (Lipinski definition) is 1. The van der Waals surface area contributed by atoms with Crippen LogP contribution in [0.1, 0.15) is 30.7 Å². The predicted octanol–water partition coefficient (Wildman–Crippen LogP) is 1.53. The Morgan fingerprint density at radius 2 is 2.00 bits per heavy atom. The van der Waals surface area contributed by atoms with Gasteiger partial charge in [0.05, 0.1) is 12.1 Å². The molecule has 3 nitrogen and oxygen atoms in total. The average Bonchev–Trinajstić information content (AvgIpc) is 2.73. The van der Waals surface area contributed by atoms with Crippen molar-refractivity contribution in [3.8, 4) is 0 Å². The Balaban J connectivity index is 1.83. The number of amides is 1. The average molecular weight is 231 g/mol. The van der Waals surface area contributed by atoms with Crippen molar-refractivity contribution in [1.29, 1.82) is 0 Å². The van der Waals surface area contributed by atoms with E-state index in [1.165, 1.54) is 5.56 Å². The van der Waals surface area contributed by atoms with Crippen LogP contribution in [0, 0.1) is 0 Å². The first-order valence-electron chi connectivity index (χ1n) is 6.28. The normalized spacial score (nSPS) is 32.6. The zero-order valence-corrected chi connectivity index (χ0v) is 9.75. The summed E-state index contributed by atoms with van der Waals surface area (Å²) < 4.78 is 0. The van der Waals surface area contributed by atoms with E-state index in [0.29, 0.717) is 6.42 Å². The summed E-state index contributed by atoms with van der Waals surface area (Å²) in [6.07, 6.45) is 1.84. The Morgan fingerprint density at radius 1 is 1.24 bits per heavy atom. The Bertz CT molecular complexity index is 417. The third-order valence-corrected chi connectivity index (χ3v) is 4.03. The van der Waals surface area contributed by atoms with Crippen molar-refractivity contribution in [1.82, 2.24) is 4.90 Å². The van der Waals surface area contributed by atoms with E-state index in [9.17, 15) is 9.90 Å². The van der Waals surface area contributed by atoms with E-state index < -0.39 is 0 Å². The summed E-state index contributed by atoms with van der Waals surface area (Å²) in [5.74, 6) is 0.485. The largest absolute Gasteiger partial charge is 0.391 e. The molecule has 3 atom stereocenters. The topological polar surface area (TPSA) is 40.5 Å². The first kappa shape index (κ1) is 10.8. The summed E-state index contributed by atoms with van der Waals surface area (Å²) in [7, 11) is 0. The van der Waals surface area contributed by atoms with Crippen LogP contribution in [0.25, 0.3) is 0 Å². The van der Waals surface area contributed by atoms with Gasteiger partial charge >= 0.3 is 0 Å². The highest BCUT2D eigenvalue weighted by molar-refractivity contribution is 5.79. The lowest BCUT2D eigenvalue weighted by molar-refractivity contribution is -0.132. The fourth-order valence-corrected chi connectivity index (χ4v) is 3.12. The summed E-state index contributed by atoms with van der Waals surface area (Å²) in [6.45, 7) is 0.768. The standard InChI is InChI=1S/C14H17NO2/c16-13-8-11(10-4-2-1-3-5-10)9-15-12(13)6-7-14(15)17/h1-5,11-13,16H,6-9H2/t11-,12+,13-/m1/s1. The molecule has 2 heterocycles. The molecular weight excluding hydrogens is 214 g/mol. The molecule has 1 aromatic rings. The quantitative estimate of drug-likeness (QED) is 0.796. The van der Waals surface area contributed by atoms with Crippen LogP contribution in [-0.2, 0) is 4.79 Å². The lowest BCUT2D eigenvalue weighted by atomic mass is 9.86. The minimum Gasteiger partial charge on any atom is -0.391 e. The maximum atomic E-state index is 11.7. The van der Waals surface area contributed by atoms with E-state index in [1.807, 2.05) is 23.1 Å². The van der Waals surface area contributed by atoms with Crippen molar-refractivity contribution < 1.29 is 9.90 Å². The van der Waals surface area contributed by atoms with Gasteiger partial charge in [0.15, 0.2) is 0 Å². The second-order valence-corrected chi connectivity index (χ2v) is 5.06. The molecule has 90 valence electrons. The lowest BCUT2D eigenvalue weighted by Gasteiger charge is -2.38. The first-order valence-corrected chi connectivity index (χ1v) is 6.28. The van der Waals surface area contributed by atoms with Gasteiger partial charge in [-0.1, -0.05) is 30.3 Å². The number of carbonyl (C=O) groups excluding carboxylic acids is 1. The van der Waals surface area contributed by atoms with Crippen LogP contribution in [-0.4, -0.2) is 34.6 Å². The van der Waals surface area contributed by atoms with E-state index in [1.54, 1.807) is 0 Å². The van der Waals surface area contributed by atoms with Gasteiger partial charge in [-0.3, -0.25) is 4.79 Å². The van der Waals surface area contributed by atoms with Crippen molar-refractivity contribution in [2.24, 2.45) is 0 Å². The Morgan fingerprint density at radius 3 is 2.76 bits per heavy atom. The minimum atomic E-state index is -0.361. The van der Waals surface area contributed by atoms with Crippen LogP contribution in [0.4, 0.5) is 0 Å². The van der Waals surface area contributed by atoms with E-state index in [0.717, 1.165) is 19.4 Å². The lowest BCUT2D eigenvalue weighted by Crippen LogP contribution is -2.48. The van der Waals surface area contributed by atoms with Crippen molar-refractivity contribution in [3.05, 3.63) is 35.9 Å². The van der Waals surface area contributed by atoms with Gasteiger partial charge in [0.1, 0.15) is 0 Å². The molecule has 3 heteroatoms. The molecule has 1 aromatic carbocycles. The van der Waals surface area contributed by atoms with Crippen molar-refractivity contribution in [2.75, 3.05) is 6.54 Å². The Hall–Kier alpha value is -1.35. The summed E-state index contributed by atoms with van der Waals surface area (Å²) in [6, 6.07) is 10.3.